The van der Waals surface area contributed by atoms with Crippen LogP contribution in [0.25, 0.3) is 0 Å². The Morgan fingerprint density at radius 1 is 1.35 bits per heavy atom. The third-order valence-corrected chi connectivity index (χ3v) is 4.32. The van der Waals surface area contributed by atoms with Gasteiger partial charge in [-0.2, -0.15) is 0 Å². The lowest BCUT2D eigenvalue weighted by Crippen LogP contribution is -2.46. The van der Waals surface area contributed by atoms with Crippen LogP contribution in [0.1, 0.15) is 50.7 Å². The van der Waals surface area contributed by atoms with Gasteiger partial charge >= 0.3 is 0 Å². The van der Waals surface area contributed by atoms with E-state index in [2.05, 4.69) is 32.2 Å². The van der Waals surface area contributed by atoms with Gasteiger partial charge in [-0.1, -0.05) is 19.9 Å². The van der Waals surface area contributed by atoms with E-state index in [1.54, 1.807) is 6.92 Å². The number of hydrogen-bond acceptors (Lipinski definition) is 3. The molecule has 0 aliphatic heterocycles. The molecule has 5 heteroatoms. The second-order valence-electron chi connectivity index (χ2n) is 6.62. The Bertz CT molecular complexity index is 530. The standard InChI is InChI=1S/C18H28N2O2.ClH/c1-11(2)16-8-7-15(9-12(16)3)22-13(4)18(21)20-17(10-19)14-5-6-14;/h7-9,11,13-14,17H,5-6,10,19H2,1-4H3,(H,20,21);1H. The molecule has 2 rings (SSSR count). The van der Waals surface area contributed by atoms with Gasteiger partial charge in [-0.25, -0.2) is 0 Å². The van der Waals surface area contributed by atoms with E-state index in [1.807, 2.05) is 12.1 Å². The topological polar surface area (TPSA) is 64.3 Å². The highest BCUT2D eigenvalue weighted by atomic mass is 35.5. The van der Waals surface area contributed by atoms with Crippen LogP contribution in [0, 0.1) is 12.8 Å². The molecule has 1 aromatic rings. The Morgan fingerprint density at radius 2 is 2.00 bits per heavy atom. The molecule has 1 aromatic carbocycles. The summed E-state index contributed by atoms with van der Waals surface area (Å²) < 4.78 is 5.78. The maximum absolute atomic E-state index is 12.2. The average Bonchev–Trinajstić information content (AvgIpc) is 3.28. The number of halogens is 1. The number of benzene rings is 1. The normalized spacial score (nSPS) is 16.4. The van der Waals surface area contributed by atoms with Crippen LogP contribution in [0.4, 0.5) is 0 Å². The second kappa shape index (κ2) is 8.55. The summed E-state index contributed by atoms with van der Waals surface area (Å²) in [7, 11) is 0. The second-order valence-corrected chi connectivity index (χ2v) is 6.62. The SMILES string of the molecule is Cc1cc(OC(C)C(=O)NC(CN)C2CC2)ccc1C(C)C.Cl. The van der Waals surface area contributed by atoms with Gasteiger partial charge < -0.3 is 15.8 Å². The van der Waals surface area contributed by atoms with Crippen LogP contribution in [0.15, 0.2) is 18.2 Å². The van der Waals surface area contributed by atoms with Crippen LogP contribution in [-0.4, -0.2) is 24.6 Å². The summed E-state index contributed by atoms with van der Waals surface area (Å²) in [5.74, 6) is 1.68. The van der Waals surface area contributed by atoms with Crippen molar-refractivity contribution in [2.24, 2.45) is 11.7 Å². The number of carbonyl (C=O) groups excluding carboxylic acids is 1. The number of hydrogen-bond donors (Lipinski definition) is 2. The van der Waals surface area contributed by atoms with E-state index >= 15 is 0 Å². The molecule has 0 heterocycles. The molecule has 2 atom stereocenters. The first-order valence-corrected chi connectivity index (χ1v) is 8.20. The molecule has 23 heavy (non-hydrogen) atoms. The van der Waals surface area contributed by atoms with Crippen LogP contribution < -0.4 is 15.8 Å². The minimum atomic E-state index is -0.517. The lowest BCUT2D eigenvalue weighted by atomic mass is 9.98. The quantitative estimate of drug-likeness (QED) is 0.801. The Balaban J connectivity index is 0.00000264. The predicted molar refractivity (Wildman–Crippen MR) is 96.3 cm³/mol. The summed E-state index contributed by atoms with van der Waals surface area (Å²) in [6, 6.07) is 6.10. The first-order valence-electron chi connectivity index (χ1n) is 8.20. The molecule has 0 radical (unpaired) electrons. The van der Waals surface area contributed by atoms with E-state index in [9.17, 15) is 4.79 Å². The number of amides is 1. The molecular formula is C18H29ClN2O2. The van der Waals surface area contributed by atoms with Crippen molar-refractivity contribution < 1.29 is 9.53 Å². The van der Waals surface area contributed by atoms with Gasteiger partial charge in [0.05, 0.1) is 0 Å². The van der Waals surface area contributed by atoms with E-state index in [4.69, 9.17) is 10.5 Å². The molecule has 0 bridgehead atoms. The Hall–Kier alpha value is -1.26. The van der Waals surface area contributed by atoms with E-state index in [-0.39, 0.29) is 24.4 Å². The number of nitrogens with two attached hydrogens (primary N) is 1. The van der Waals surface area contributed by atoms with Gasteiger partial charge in [0.2, 0.25) is 0 Å². The fraction of sp³-hybridized carbons (Fsp3) is 0.611. The highest BCUT2D eigenvalue weighted by Crippen LogP contribution is 2.32. The van der Waals surface area contributed by atoms with Crippen LogP contribution >= 0.6 is 12.4 Å². The van der Waals surface area contributed by atoms with Crippen molar-refractivity contribution in [2.45, 2.75) is 58.6 Å². The third kappa shape index (κ3) is 5.40. The first kappa shape index (κ1) is 19.8. The molecule has 4 nitrogen and oxygen atoms in total. The molecule has 0 spiro atoms. The number of nitrogens with one attached hydrogen (secondary N) is 1. The maximum atomic E-state index is 12.2. The van der Waals surface area contributed by atoms with Gasteiger partial charge in [-0.05, 0) is 61.8 Å². The van der Waals surface area contributed by atoms with Crippen LogP contribution in [0.5, 0.6) is 5.75 Å². The van der Waals surface area contributed by atoms with Gasteiger partial charge in [-0.3, -0.25) is 4.79 Å². The smallest absolute Gasteiger partial charge is 0.261 e. The van der Waals surface area contributed by atoms with E-state index in [0.29, 0.717) is 18.4 Å². The van der Waals surface area contributed by atoms with Gasteiger partial charge in [0, 0.05) is 12.6 Å². The van der Waals surface area contributed by atoms with E-state index in [0.717, 1.165) is 18.6 Å². The lowest BCUT2D eigenvalue weighted by molar-refractivity contribution is -0.128. The molecule has 130 valence electrons. The summed E-state index contributed by atoms with van der Waals surface area (Å²) >= 11 is 0. The van der Waals surface area contributed by atoms with Crippen molar-refractivity contribution in [1.82, 2.24) is 5.32 Å². The minimum absolute atomic E-state index is 0. The Kier molecular flexibility index (Phi) is 7.36. The van der Waals surface area contributed by atoms with Crippen molar-refractivity contribution in [1.29, 1.82) is 0 Å². The lowest BCUT2D eigenvalue weighted by Gasteiger charge is -2.21. The van der Waals surface area contributed by atoms with Crippen LogP contribution in [0.3, 0.4) is 0 Å². The fourth-order valence-electron chi connectivity index (χ4n) is 2.79. The van der Waals surface area contributed by atoms with Gasteiger partial charge in [0.1, 0.15) is 5.75 Å². The van der Waals surface area contributed by atoms with Crippen molar-refractivity contribution >= 4 is 18.3 Å². The minimum Gasteiger partial charge on any atom is -0.481 e. The molecule has 1 fully saturated rings. The molecular weight excluding hydrogens is 312 g/mol. The predicted octanol–water partition coefficient (Wildman–Crippen LogP) is 3.16. The summed E-state index contributed by atoms with van der Waals surface area (Å²) in [5.41, 5.74) is 8.22. The Morgan fingerprint density at radius 3 is 2.48 bits per heavy atom. The molecule has 2 unspecified atom stereocenters. The zero-order valence-electron chi connectivity index (χ0n) is 14.5. The zero-order valence-corrected chi connectivity index (χ0v) is 15.3. The molecule has 1 amide bonds. The molecule has 0 saturated heterocycles. The van der Waals surface area contributed by atoms with Crippen molar-refractivity contribution in [2.75, 3.05) is 6.54 Å². The molecule has 0 aromatic heterocycles. The number of rotatable bonds is 7. The van der Waals surface area contributed by atoms with Gasteiger partial charge in [0.15, 0.2) is 6.10 Å². The largest absolute Gasteiger partial charge is 0.481 e. The number of ether oxygens (including phenoxy) is 1. The summed E-state index contributed by atoms with van der Waals surface area (Å²) in [6.07, 6.45) is 1.80. The number of aryl methyl sites for hydroxylation is 1. The maximum Gasteiger partial charge on any atom is 0.261 e. The summed E-state index contributed by atoms with van der Waals surface area (Å²) in [5, 5.41) is 3.00. The number of carbonyl (C=O) groups is 1. The molecule has 1 saturated carbocycles. The zero-order chi connectivity index (χ0) is 16.3. The fourth-order valence-corrected chi connectivity index (χ4v) is 2.79. The highest BCUT2D eigenvalue weighted by molar-refractivity contribution is 5.85. The molecule has 1 aliphatic rings. The van der Waals surface area contributed by atoms with Crippen molar-refractivity contribution in [3.05, 3.63) is 29.3 Å². The van der Waals surface area contributed by atoms with Gasteiger partial charge in [0.25, 0.3) is 5.91 Å². The summed E-state index contributed by atoms with van der Waals surface area (Å²) in [4.78, 5) is 12.2. The van der Waals surface area contributed by atoms with Crippen molar-refractivity contribution in [3.8, 4) is 5.75 Å². The monoisotopic (exact) mass is 340 g/mol. The van der Waals surface area contributed by atoms with Crippen molar-refractivity contribution in [3.63, 3.8) is 0 Å². The van der Waals surface area contributed by atoms with E-state index in [1.165, 1.54) is 11.1 Å². The highest BCUT2D eigenvalue weighted by Gasteiger charge is 2.32. The van der Waals surface area contributed by atoms with Crippen LogP contribution in [0.2, 0.25) is 0 Å². The molecule has 3 N–H and O–H groups in total. The van der Waals surface area contributed by atoms with Crippen LogP contribution in [-0.2, 0) is 4.79 Å². The molecule has 1 aliphatic carbocycles. The average molecular weight is 341 g/mol. The Labute approximate surface area is 145 Å². The summed E-state index contributed by atoms with van der Waals surface area (Å²) in [6.45, 7) is 8.69. The van der Waals surface area contributed by atoms with E-state index < -0.39 is 6.10 Å². The third-order valence-electron chi connectivity index (χ3n) is 4.32. The van der Waals surface area contributed by atoms with Gasteiger partial charge in [-0.15, -0.1) is 12.4 Å². The first-order chi connectivity index (χ1) is 10.4.